The third-order valence-corrected chi connectivity index (χ3v) is 6.94. The van der Waals surface area contributed by atoms with Crippen molar-refractivity contribution >= 4 is 33.4 Å². The van der Waals surface area contributed by atoms with Crippen molar-refractivity contribution in [3.63, 3.8) is 0 Å². The van der Waals surface area contributed by atoms with Crippen molar-refractivity contribution < 1.29 is 22.7 Å². The number of aryl methyl sites for hydroxylation is 1. The lowest BCUT2D eigenvalue weighted by Crippen LogP contribution is -2.42. The molecule has 9 heteroatoms. The standard InChI is InChI=1S/C25H33N3O5S/c1-18-10-11-20(17-22(18)27-34(31,32)21-8-6-5-7-9-21)26-23(29)16-19-12-14-28(15-13-19)24(30)33-25(2,3)4/h5-11,17,19,27H,12-16H2,1-4H3,(H,26,29). The summed E-state index contributed by atoms with van der Waals surface area (Å²) < 4.78 is 33.3. The molecule has 1 heterocycles. The molecular formula is C25H33N3O5S. The molecule has 8 nitrogen and oxygen atoms in total. The first kappa shape index (κ1) is 25.6. The van der Waals surface area contributed by atoms with Gasteiger partial charge in [-0.05, 0) is 76.3 Å². The summed E-state index contributed by atoms with van der Waals surface area (Å²) in [5.74, 6) is 0.0247. The van der Waals surface area contributed by atoms with E-state index >= 15 is 0 Å². The largest absolute Gasteiger partial charge is 0.444 e. The monoisotopic (exact) mass is 487 g/mol. The summed E-state index contributed by atoms with van der Waals surface area (Å²) in [7, 11) is -3.73. The first-order chi connectivity index (χ1) is 15.9. The normalized spacial score (nSPS) is 15.0. The third-order valence-electron chi connectivity index (χ3n) is 5.56. The molecule has 1 aliphatic heterocycles. The molecule has 2 amide bonds. The fraction of sp³-hybridized carbons (Fsp3) is 0.440. The van der Waals surface area contributed by atoms with Crippen LogP contribution in [0, 0.1) is 12.8 Å². The Morgan fingerprint density at radius 3 is 2.32 bits per heavy atom. The Morgan fingerprint density at radius 1 is 1.06 bits per heavy atom. The van der Waals surface area contributed by atoms with Crippen molar-refractivity contribution in [3.05, 3.63) is 54.1 Å². The molecule has 1 fully saturated rings. The van der Waals surface area contributed by atoms with Crippen LogP contribution in [-0.4, -0.2) is 44.0 Å². The highest BCUT2D eigenvalue weighted by Gasteiger charge is 2.28. The lowest BCUT2D eigenvalue weighted by molar-refractivity contribution is -0.117. The summed E-state index contributed by atoms with van der Waals surface area (Å²) in [6.45, 7) is 8.43. The van der Waals surface area contributed by atoms with Gasteiger partial charge in [0.15, 0.2) is 0 Å². The molecule has 0 spiro atoms. The van der Waals surface area contributed by atoms with Gasteiger partial charge in [0.2, 0.25) is 5.91 Å². The number of rotatable bonds is 6. The van der Waals surface area contributed by atoms with Crippen LogP contribution in [-0.2, 0) is 19.6 Å². The number of amides is 2. The first-order valence-electron chi connectivity index (χ1n) is 11.4. The molecule has 0 aromatic heterocycles. The molecule has 2 aromatic carbocycles. The van der Waals surface area contributed by atoms with Gasteiger partial charge in [0.25, 0.3) is 10.0 Å². The SMILES string of the molecule is Cc1ccc(NC(=O)CC2CCN(C(=O)OC(C)(C)C)CC2)cc1NS(=O)(=O)c1ccccc1. The van der Waals surface area contributed by atoms with Crippen molar-refractivity contribution in [2.75, 3.05) is 23.1 Å². The number of carbonyl (C=O) groups excluding carboxylic acids is 2. The minimum absolute atomic E-state index is 0.142. The Hall–Kier alpha value is -3.07. The predicted molar refractivity (Wildman–Crippen MR) is 132 cm³/mol. The molecule has 184 valence electrons. The average Bonchev–Trinajstić information content (AvgIpc) is 2.76. The molecule has 0 unspecified atom stereocenters. The maximum atomic E-state index is 12.7. The molecule has 0 aliphatic carbocycles. The molecule has 1 aliphatic rings. The molecule has 2 N–H and O–H groups in total. The molecule has 3 rings (SSSR count). The lowest BCUT2D eigenvalue weighted by atomic mass is 9.93. The molecule has 0 saturated carbocycles. The van der Waals surface area contributed by atoms with E-state index in [2.05, 4.69) is 10.0 Å². The van der Waals surface area contributed by atoms with Crippen LogP contribution < -0.4 is 10.0 Å². The van der Waals surface area contributed by atoms with Crippen molar-refractivity contribution in [1.82, 2.24) is 4.90 Å². The highest BCUT2D eigenvalue weighted by molar-refractivity contribution is 7.92. The Bertz CT molecular complexity index is 1120. The van der Waals surface area contributed by atoms with Crippen LogP contribution in [0.3, 0.4) is 0 Å². The second kappa shape index (κ2) is 10.5. The predicted octanol–water partition coefficient (Wildman–Crippen LogP) is 4.77. The van der Waals surface area contributed by atoms with Crippen LogP contribution in [0.2, 0.25) is 0 Å². The number of likely N-dealkylation sites (tertiary alicyclic amines) is 1. The molecule has 34 heavy (non-hydrogen) atoms. The first-order valence-corrected chi connectivity index (χ1v) is 12.9. The van der Waals surface area contributed by atoms with Crippen LogP contribution >= 0.6 is 0 Å². The van der Waals surface area contributed by atoms with Crippen molar-refractivity contribution in [1.29, 1.82) is 0 Å². The minimum Gasteiger partial charge on any atom is -0.444 e. The fourth-order valence-electron chi connectivity index (χ4n) is 3.73. The van der Waals surface area contributed by atoms with E-state index in [0.29, 0.717) is 30.9 Å². The van der Waals surface area contributed by atoms with Crippen LogP contribution in [0.15, 0.2) is 53.4 Å². The number of benzene rings is 2. The van der Waals surface area contributed by atoms with Gasteiger partial charge in [-0.3, -0.25) is 9.52 Å². The number of carbonyl (C=O) groups is 2. The number of nitrogens with zero attached hydrogens (tertiary/aromatic N) is 1. The van der Waals surface area contributed by atoms with Crippen molar-refractivity contribution in [2.24, 2.45) is 5.92 Å². The Morgan fingerprint density at radius 2 is 1.71 bits per heavy atom. The van der Waals surface area contributed by atoms with Gasteiger partial charge in [0.05, 0.1) is 10.6 Å². The van der Waals surface area contributed by atoms with Crippen LogP contribution in [0.5, 0.6) is 0 Å². The van der Waals surface area contributed by atoms with Crippen molar-refractivity contribution in [3.8, 4) is 0 Å². The van der Waals surface area contributed by atoms with E-state index in [1.807, 2.05) is 20.8 Å². The summed E-state index contributed by atoms with van der Waals surface area (Å²) in [4.78, 5) is 26.7. The summed E-state index contributed by atoms with van der Waals surface area (Å²) >= 11 is 0. The van der Waals surface area contributed by atoms with E-state index in [-0.39, 0.29) is 22.8 Å². The van der Waals surface area contributed by atoms with Crippen molar-refractivity contribution in [2.45, 2.75) is 57.5 Å². The Kier molecular flexibility index (Phi) is 7.86. The number of hydrogen-bond donors (Lipinski definition) is 2. The van der Waals surface area contributed by atoms with Gasteiger partial charge in [0.1, 0.15) is 5.60 Å². The smallest absolute Gasteiger partial charge is 0.410 e. The Balaban J connectivity index is 1.55. The molecule has 0 bridgehead atoms. The second-order valence-electron chi connectivity index (χ2n) is 9.61. The number of piperidine rings is 1. The van der Waals surface area contributed by atoms with E-state index in [4.69, 9.17) is 4.74 Å². The zero-order valence-electron chi connectivity index (χ0n) is 20.1. The van der Waals surface area contributed by atoms with Gasteiger partial charge in [-0.1, -0.05) is 24.3 Å². The summed E-state index contributed by atoms with van der Waals surface area (Å²) in [6, 6.07) is 13.3. The summed E-state index contributed by atoms with van der Waals surface area (Å²) in [5, 5.41) is 2.87. The molecule has 0 atom stereocenters. The van der Waals surface area contributed by atoms with E-state index in [9.17, 15) is 18.0 Å². The quantitative estimate of drug-likeness (QED) is 0.611. The topological polar surface area (TPSA) is 105 Å². The number of anilines is 2. The Labute approximate surface area is 201 Å². The third kappa shape index (κ3) is 7.21. The zero-order chi connectivity index (χ0) is 24.9. The van der Waals surface area contributed by atoms with Gasteiger partial charge in [0, 0.05) is 25.2 Å². The van der Waals surface area contributed by atoms with E-state index in [0.717, 1.165) is 18.4 Å². The van der Waals surface area contributed by atoms with Crippen LogP contribution in [0.1, 0.15) is 45.6 Å². The second-order valence-corrected chi connectivity index (χ2v) is 11.3. The van der Waals surface area contributed by atoms with E-state index in [1.54, 1.807) is 48.2 Å². The zero-order valence-corrected chi connectivity index (χ0v) is 20.9. The fourth-order valence-corrected chi connectivity index (χ4v) is 4.88. The maximum Gasteiger partial charge on any atom is 0.410 e. The van der Waals surface area contributed by atoms with Crippen LogP contribution in [0.25, 0.3) is 0 Å². The average molecular weight is 488 g/mol. The molecular weight excluding hydrogens is 454 g/mol. The van der Waals surface area contributed by atoms with Gasteiger partial charge in [-0.2, -0.15) is 0 Å². The van der Waals surface area contributed by atoms with E-state index < -0.39 is 15.6 Å². The maximum absolute atomic E-state index is 12.7. The van der Waals surface area contributed by atoms with Gasteiger partial charge < -0.3 is 15.0 Å². The summed E-state index contributed by atoms with van der Waals surface area (Å²) in [6.07, 6.45) is 1.47. The van der Waals surface area contributed by atoms with Gasteiger partial charge >= 0.3 is 6.09 Å². The highest BCUT2D eigenvalue weighted by atomic mass is 32.2. The molecule has 1 saturated heterocycles. The van der Waals surface area contributed by atoms with Gasteiger partial charge in [-0.15, -0.1) is 0 Å². The highest BCUT2D eigenvalue weighted by Crippen LogP contribution is 2.26. The van der Waals surface area contributed by atoms with Gasteiger partial charge in [-0.25, -0.2) is 13.2 Å². The van der Waals surface area contributed by atoms with E-state index in [1.165, 1.54) is 12.1 Å². The number of hydrogen-bond acceptors (Lipinski definition) is 5. The lowest BCUT2D eigenvalue weighted by Gasteiger charge is -2.33. The molecule has 2 aromatic rings. The number of ether oxygens (including phenoxy) is 1. The number of sulfonamides is 1. The number of nitrogens with one attached hydrogen (secondary N) is 2. The van der Waals surface area contributed by atoms with Crippen LogP contribution in [0.4, 0.5) is 16.2 Å². The minimum atomic E-state index is -3.73. The molecule has 0 radical (unpaired) electrons. The summed E-state index contributed by atoms with van der Waals surface area (Å²) in [5.41, 5.74) is 1.14.